The number of morpholine rings is 1. The molecule has 4 rings (SSSR count). The number of sulfonamides is 1. The van der Waals surface area contributed by atoms with Crippen LogP contribution in [0.2, 0.25) is 0 Å². The number of nitrogens with zero attached hydrogens (tertiary/aromatic N) is 2. The predicted octanol–water partition coefficient (Wildman–Crippen LogP) is 1.54. The summed E-state index contributed by atoms with van der Waals surface area (Å²) < 4.78 is 32.2. The van der Waals surface area contributed by atoms with Gasteiger partial charge in [-0.25, -0.2) is 13.4 Å². The molecule has 0 spiro atoms. The molecule has 1 N–H and O–H groups in total. The first-order valence-corrected chi connectivity index (χ1v) is 10.9. The van der Waals surface area contributed by atoms with Crippen molar-refractivity contribution in [2.24, 2.45) is 11.8 Å². The molecule has 1 aromatic rings. The summed E-state index contributed by atoms with van der Waals surface area (Å²) in [7, 11) is -3.42. The number of hydrogen-bond donors (Lipinski definition) is 0. The van der Waals surface area contributed by atoms with Gasteiger partial charge in [0.2, 0.25) is 10.0 Å². The molecule has 2 aliphatic heterocycles. The van der Waals surface area contributed by atoms with Gasteiger partial charge >= 0.3 is 0 Å². The standard InChI is InChI=1S/C18H27N3O3S/c22-25(23,21-9-11-24-12-10-21)17-5-6-18(19-13-17)20-8-7-15-3-1-2-4-16(15)14-20/h5-6,13,15-16H,1-4,7-12,14H2/p+1/t15-,16+/m0/s1. The lowest BCUT2D eigenvalue weighted by Gasteiger charge is -2.38. The van der Waals surface area contributed by atoms with Crippen molar-refractivity contribution in [3.8, 4) is 0 Å². The van der Waals surface area contributed by atoms with E-state index < -0.39 is 10.0 Å². The largest absolute Gasteiger partial charge is 0.379 e. The number of rotatable bonds is 3. The quantitative estimate of drug-likeness (QED) is 0.814. The molecule has 0 aromatic carbocycles. The Kier molecular flexibility index (Phi) is 4.97. The van der Waals surface area contributed by atoms with Crippen molar-refractivity contribution in [1.29, 1.82) is 0 Å². The molecule has 1 aliphatic carbocycles. The van der Waals surface area contributed by atoms with Crippen LogP contribution in [0, 0.1) is 11.8 Å². The number of nitrogens with one attached hydrogen (secondary N) is 1. The topological polar surface area (TPSA) is 64.0 Å². The fraction of sp³-hybridized carbons (Fsp3) is 0.722. The van der Waals surface area contributed by atoms with Crippen molar-refractivity contribution < 1.29 is 18.1 Å². The molecule has 2 saturated heterocycles. The Morgan fingerprint density at radius 1 is 1.00 bits per heavy atom. The molecule has 3 fully saturated rings. The van der Waals surface area contributed by atoms with Gasteiger partial charge in [-0.1, -0.05) is 12.8 Å². The predicted molar refractivity (Wildman–Crippen MR) is 94.9 cm³/mol. The minimum absolute atomic E-state index is 0.339. The minimum Gasteiger partial charge on any atom is -0.379 e. The zero-order chi connectivity index (χ0) is 17.3. The first-order valence-electron chi connectivity index (χ1n) is 9.49. The monoisotopic (exact) mass is 366 g/mol. The number of piperidine rings is 1. The average Bonchev–Trinajstić information content (AvgIpc) is 2.68. The lowest BCUT2D eigenvalue weighted by Crippen LogP contribution is -2.44. The average molecular weight is 367 g/mol. The fourth-order valence-electron chi connectivity index (χ4n) is 4.52. The van der Waals surface area contributed by atoms with Crippen molar-refractivity contribution in [2.75, 3.05) is 44.3 Å². The highest BCUT2D eigenvalue weighted by atomic mass is 32.2. The molecule has 138 valence electrons. The number of anilines is 1. The molecule has 6 nitrogen and oxygen atoms in total. The fourth-order valence-corrected chi connectivity index (χ4v) is 5.89. The zero-order valence-electron chi connectivity index (χ0n) is 14.7. The van der Waals surface area contributed by atoms with Crippen molar-refractivity contribution in [1.82, 2.24) is 4.31 Å². The van der Waals surface area contributed by atoms with E-state index in [1.165, 1.54) is 36.4 Å². The van der Waals surface area contributed by atoms with E-state index in [9.17, 15) is 8.42 Å². The first kappa shape index (κ1) is 17.2. The molecule has 1 aromatic heterocycles. The molecule has 0 unspecified atom stereocenters. The van der Waals surface area contributed by atoms with Gasteiger partial charge in [-0.3, -0.25) is 4.90 Å². The van der Waals surface area contributed by atoms with Crippen LogP contribution in [0.3, 0.4) is 0 Å². The zero-order valence-corrected chi connectivity index (χ0v) is 15.5. The second-order valence-electron chi connectivity index (χ2n) is 7.47. The number of aromatic nitrogens is 1. The lowest BCUT2D eigenvalue weighted by molar-refractivity contribution is -0.367. The van der Waals surface area contributed by atoms with Gasteiger partial charge in [0.1, 0.15) is 11.1 Å². The summed E-state index contributed by atoms with van der Waals surface area (Å²) in [5.41, 5.74) is 0. The summed E-state index contributed by atoms with van der Waals surface area (Å²) in [6.45, 7) is 3.96. The summed E-state index contributed by atoms with van der Waals surface area (Å²) in [5.74, 6) is 2.73. The number of ether oxygens (including phenoxy) is 1. The van der Waals surface area contributed by atoms with E-state index in [0.29, 0.717) is 31.2 Å². The maximum absolute atomic E-state index is 12.7. The molecule has 0 amide bonds. The van der Waals surface area contributed by atoms with Gasteiger partial charge in [-0.05, 0) is 37.2 Å². The molecule has 0 radical (unpaired) electrons. The number of fused-ring (bicyclic) bond motifs is 1. The second kappa shape index (κ2) is 7.21. The maximum Gasteiger partial charge on any atom is 0.274 e. The smallest absolute Gasteiger partial charge is 0.274 e. The normalized spacial score (nSPS) is 28.6. The van der Waals surface area contributed by atoms with Crippen LogP contribution >= 0.6 is 0 Å². The van der Waals surface area contributed by atoms with Gasteiger partial charge < -0.3 is 4.74 Å². The highest BCUT2D eigenvalue weighted by Crippen LogP contribution is 2.36. The molecule has 2 atom stereocenters. The van der Waals surface area contributed by atoms with E-state index >= 15 is 0 Å². The van der Waals surface area contributed by atoms with Crippen molar-refractivity contribution >= 4 is 15.8 Å². The third-order valence-corrected chi connectivity index (χ3v) is 7.90. The van der Waals surface area contributed by atoms with E-state index in [1.54, 1.807) is 12.3 Å². The van der Waals surface area contributed by atoms with E-state index in [0.717, 1.165) is 30.7 Å². The van der Waals surface area contributed by atoms with Crippen LogP contribution in [-0.4, -0.2) is 52.1 Å². The number of hydrogen-bond acceptors (Lipinski definition) is 4. The molecular formula is C18H28N3O3S+. The third-order valence-electron chi connectivity index (χ3n) is 6.01. The van der Waals surface area contributed by atoms with E-state index in [2.05, 4.69) is 9.88 Å². The van der Waals surface area contributed by atoms with E-state index in [4.69, 9.17) is 4.74 Å². The second-order valence-corrected chi connectivity index (χ2v) is 9.40. The van der Waals surface area contributed by atoms with Crippen LogP contribution < -0.4 is 9.88 Å². The summed E-state index contributed by atoms with van der Waals surface area (Å²) in [6.07, 6.45) is 8.37. The Bertz CT molecular complexity index is 686. The summed E-state index contributed by atoms with van der Waals surface area (Å²) in [5, 5.41) is 0. The van der Waals surface area contributed by atoms with Crippen LogP contribution in [0.1, 0.15) is 32.1 Å². The summed E-state index contributed by atoms with van der Waals surface area (Å²) in [4.78, 5) is 5.96. The van der Waals surface area contributed by atoms with Gasteiger partial charge in [-0.15, -0.1) is 0 Å². The Hall–Kier alpha value is -1.18. The van der Waals surface area contributed by atoms with Gasteiger partial charge in [0.05, 0.1) is 26.3 Å². The van der Waals surface area contributed by atoms with Gasteiger partial charge in [0, 0.05) is 19.2 Å². The Labute approximate surface area is 150 Å². The molecule has 0 bridgehead atoms. The SMILES string of the molecule is O=S(=O)(c1ccc(N2CC[C@@H]3CCCC[C@@H]3C2)[nH+]c1)N1CCOCC1. The first-order chi connectivity index (χ1) is 12.1. The number of aromatic amines is 1. The maximum atomic E-state index is 12.7. The highest BCUT2D eigenvalue weighted by Gasteiger charge is 2.35. The minimum atomic E-state index is -3.42. The van der Waals surface area contributed by atoms with E-state index in [-0.39, 0.29) is 0 Å². The molecule has 7 heteroatoms. The number of pyridine rings is 1. The van der Waals surface area contributed by atoms with Crippen molar-refractivity contribution in [3.63, 3.8) is 0 Å². The Morgan fingerprint density at radius 3 is 2.48 bits per heavy atom. The Morgan fingerprint density at radius 2 is 1.76 bits per heavy atom. The van der Waals surface area contributed by atoms with Crippen LogP contribution in [0.4, 0.5) is 5.82 Å². The summed E-state index contributed by atoms with van der Waals surface area (Å²) >= 11 is 0. The molecule has 3 aliphatic rings. The molecule has 3 heterocycles. The third kappa shape index (κ3) is 3.55. The van der Waals surface area contributed by atoms with Gasteiger partial charge in [0.25, 0.3) is 5.82 Å². The lowest BCUT2D eigenvalue weighted by atomic mass is 9.75. The molecule has 25 heavy (non-hydrogen) atoms. The van der Waals surface area contributed by atoms with Crippen molar-refractivity contribution in [3.05, 3.63) is 18.3 Å². The molecule has 1 saturated carbocycles. The van der Waals surface area contributed by atoms with Gasteiger partial charge in [-0.2, -0.15) is 4.31 Å². The van der Waals surface area contributed by atoms with Crippen LogP contribution in [0.25, 0.3) is 0 Å². The highest BCUT2D eigenvalue weighted by molar-refractivity contribution is 7.89. The van der Waals surface area contributed by atoms with Crippen LogP contribution in [-0.2, 0) is 14.8 Å². The van der Waals surface area contributed by atoms with Crippen LogP contribution in [0.5, 0.6) is 0 Å². The van der Waals surface area contributed by atoms with Crippen LogP contribution in [0.15, 0.2) is 23.2 Å². The van der Waals surface area contributed by atoms with Gasteiger partial charge in [0.15, 0.2) is 0 Å². The van der Waals surface area contributed by atoms with E-state index in [1.807, 2.05) is 6.07 Å². The summed E-state index contributed by atoms with van der Waals surface area (Å²) in [6, 6.07) is 3.67. The number of H-pyrrole nitrogens is 1. The van der Waals surface area contributed by atoms with Crippen molar-refractivity contribution in [2.45, 2.75) is 37.0 Å². The molecular weight excluding hydrogens is 338 g/mol. The Balaban J connectivity index is 1.46.